The molecule has 110 valence electrons. The van der Waals surface area contributed by atoms with Crippen molar-refractivity contribution in [2.75, 3.05) is 11.5 Å². The highest BCUT2D eigenvalue weighted by Crippen LogP contribution is 2.31. The molecule has 20 heavy (non-hydrogen) atoms. The molecular formula is C14H17BrClFN2S. The van der Waals surface area contributed by atoms with Crippen LogP contribution in [0.15, 0.2) is 16.6 Å². The monoisotopic (exact) mass is 378 g/mol. The second kappa shape index (κ2) is 6.67. The lowest BCUT2D eigenvalue weighted by atomic mass is 10.2. The van der Waals surface area contributed by atoms with Crippen LogP contribution in [-0.2, 0) is 0 Å². The van der Waals surface area contributed by atoms with Gasteiger partial charge < -0.3 is 4.57 Å². The number of hydrogen-bond donors (Lipinski definition) is 0. The van der Waals surface area contributed by atoms with Crippen molar-refractivity contribution in [1.29, 1.82) is 0 Å². The van der Waals surface area contributed by atoms with Gasteiger partial charge in [-0.15, -0.1) is 11.6 Å². The number of fused-ring (bicyclic) bond motifs is 1. The first kappa shape index (κ1) is 16.1. The van der Waals surface area contributed by atoms with Crippen LogP contribution in [0.2, 0.25) is 0 Å². The molecule has 1 aromatic heterocycles. The van der Waals surface area contributed by atoms with E-state index in [1.165, 1.54) is 6.07 Å². The molecule has 0 aliphatic carbocycles. The average molecular weight is 380 g/mol. The molecule has 0 fully saturated rings. The van der Waals surface area contributed by atoms with Gasteiger partial charge >= 0.3 is 0 Å². The van der Waals surface area contributed by atoms with E-state index in [0.29, 0.717) is 4.47 Å². The summed E-state index contributed by atoms with van der Waals surface area (Å²) in [5, 5.41) is -0.210. The Kier molecular flexibility index (Phi) is 5.37. The van der Waals surface area contributed by atoms with Crippen LogP contribution in [0.1, 0.15) is 38.0 Å². The Morgan fingerprint density at radius 1 is 1.45 bits per heavy atom. The highest BCUT2D eigenvalue weighted by atomic mass is 79.9. The maximum absolute atomic E-state index is 13.8. The van der Waals surface area contributed by atoms with E-state index in [-0.39, 0.29) is 17.2 Å². The van der Waals surface area contributed by atoms with E-state index in [9.17, 15) is 4.39 Å². The van der Waals surface area contributed by atoms with Crippen molar-refractivity contribution < 1.29 is 4.39 Å². The lowest BCUT2D eigenvalue weighted by Gasteiger charge is -2.18. The number of alkyl halides is 1. The summed E-state index contributed by atoms with van der Waals surface area (Å²) < 4.78 is 16.3. The van der Waals surface area contributed by atoms with Gasteiger partial charge in [-0.2, -0.15) is 11.8 Å². The molecule has 2 nitrogen and oxygen atoms in total. The van der Waals surface area contributed by atoms with Gasteiger partial charge in [0.05, 0.1) is 20.9 Å². The van der Waals surface area contributed by atoms with Crippen LogP contribution in [0, 0.1) is 5.82 Å². The molecule has 0 N–H and O–H groups in total. The van der Waals surface area contributed by atoms with Gasteiger partial charge in [-0.05, 0) is 41.6 Å². The number of imidazole rings is 1. The fourth-order valence-corrected chi connectivity index (χ4v) is 3.43. The molecule has 0 aliphatic rings. The number of halogens is 3. The lowest BCUT2D eigenvalue weighted by molar-refractivity contribution is 0.588. The van der Waals surface area contributed by atoms with Crippen LogP contribution < -0.4 is 0 Å². The SMILES string of the molecule is CCSCC(C)n1c(C(C)Cl)nc2cc(Br)c(F)cc21. The smallest absolute Gasteiger partial charge is 0.139 e. The standard InChI is InChI=1S/C14H17BrClFN2S/c1-4-20-7-8(2)19-13-6-11(17)10(15)5-12(13)18-14(19)9(3)16/h5-6,8-9H,4,7H2,1-3H3. The van der Waals surface area contributed by atoms with Crippen molar-refractivity contribution in [3.8, 4) is 0 Å². The Hall–Kier alpha value is -0.260. The quantitative estimate of drug-likeness (QED) is 0.634. The van der Waals surface area contributed by atoms with Crippen LogP contribution in [0.3, 0.4) is 0 Å². The van der Waals surface area contributed by atoms with E-state index in [2.05, 4.69) is 39.3 Å². The normalized spacial score (nSPS) is 14.7. The zero-order valence-electron chi connectivity index (χ0n) is 11.7. The first-order chi connectivity index (χ1) is 9.45. The molecule has 0 spiro atoms. The average Bonchev–Trinajstić information content (AvgIpc) is 2.75. The van der Waals surface area contributed by atoms with E-state index in [1.54, 1.807) is 6.07 Å². The minimum Gasteiger partial charge on any atom is -0.323 e. The summed E-state index contributed by atoms with van der Waals surface area (Å²) in [5.74, 6) is 2.53. The van der Waals surface area contributed by atoms with Gasteiger partial charge in [0.1, 0.15) is 11.6 Å². The van der Waals surface area contributed by atoms with Crippen molar-refractivity contribution in [2.24, 2.45) is 0 Å². The third-order valence-electron chi connectivity index (χ3n) is 3.12. The lowest BCUT2D eigenvalue weighted by Crippen LogP contribution is -2.12. The zero-order valence-corrected chi connectivity index (χ0v) is 14.8. The molecule has 0 bridgehead atoms. The number of nitrogens with zero attached hydrogens (tertiary/aromatic N) is 2. The fourth-order valence-electron chi connectivity index (χ4n) is 2.22. The molecule has 1 aromatic carbocycles. The van der Waals surface area contributed by atoms with Crippen LogP contribution in [0.5, 0.6) is 0 Å². The minimum absolute atomic E-state index is 0.210. The highest BCUT2D eigenvalue weighted by molar-refractivity contribution is 9.10. The maximum atomic E-state index is 13.8. The maximum Gasteiger partial charge on any atom is 0.139 e. The van der Waals surface area contributed by atoms with Gasteiger partial charge in [-0.25, -0.2) is 9.37 Å². The van der Waals surface area contributed by atoms with E-state index >= 15 is 0 Å². The number of hydrogen-bond acceptors (Lipinski definition) is 2. The third-order valence-corrected chi connectivity index (χ3v) is 5.05. The van der Waals surface area contributed by atoms with Crippen molar-refractivity contribution in [1.82, 2.24) is 9.55 Å². The fraction of sp³-hybridized carbons (Fsp3) is 0.500. The van der Waals surface area contributed by atoms with Crippen molar-refractivity contribution in [3.63, 3.8) is 0 Å². The summed E-state index contributed by atoms with van der Waals surface area (Å²) in [6, 6.07) is 3.47. The van der Waals surface area contributed by atoms with E-state index in [4.69, 9.17) is 11.6 Å². The topological polar surface area (TPSA) is 17.8 Å². The van der Waals surface area contributed by atoms with Crippen LogP contribution in [0.25, 0.3) is 11.0 Å². The Morgan fingerprint density at radius 3 is 2.75 bits per heavy atom. The summed E-state index contributed by atoms with van der Waals surface area (Å²) in [5.41, 5.74) is 1.58. The molecule has 0 saturated heterocycles. The summed E-state index contributed by atoms with van der Waals surface area (Å²) >= 11 is 11.3. The van der Waals surface area contributed by atoms with E-state index in [0.717, 1.165) is 28.4 Å². The first-order valence-electron chi connectivity index (χ1n) is 6.54. The molecule has 2 unspecified atom stereocenters. The van der Waals surface area contributed by atoms with E-state index in [1.807, 2.05) is 18.7 Å². The van der Waals surface area contributed by atoms with Crippen LogP contribution in [-0.4, -0.2) is 21.1 Å². The predicted molar refractivity (Wildman–Crippen MR) is 89.4 cm³/mol. The Bertz CT molecular complexity index is 615. The molecule has 1 heterocycles. The molecule has 0 aliphatic heterocycles. The van der Waals surface area contributed by atoms with Crippen molar-refractivity contribution in [2.45, 2.75) is 32.2 Å². The molecule has 0 amide bonds. The second-order valence-electron chi connectivity index (χ2n) is 4.72. The number of rotatable bonds is 5. The molecule has 2 atom stereocenters. The van der Waals surface area contributed by atoms with Crippen LogP contribution in [0.4, 0.5) is 4.39 Å². The Labute approximate surface area is 136 Å². The van der Waals surface area contributed by atoms with Gasteiger partial charge in [0.15, 0.2) is 0 Å². The van der Waals surface area contributed by atoms with Crippen molar-refractivity contribution in [3.05, 3.63) is 28.2 Å². The first-order valence-corrected chi connectivity index (χ1v) is 8.92. The molecule has 2 aromatic rings. The Morgan fingerprint density at radius 2 is 2.15 bits per heavy atom. The van der Waals surface area contributed by atoms with Gasteiger partial charge in [0.2, 0.25) is 0 Å². The molecular weight excluding hydrogens is 363 g/mol. The minimum atomic E-state index is -0.275. The van der Waals surface area contributed by atoms with Crippen LogP contribution >= 0.6 is 39.3 Å². The zero-order chi connectivity index (χ0) is 14.9. The Balaban J connectivity index is 2.58. The number of thioether (sulfide) groups is 1. The predicted octanol–water partition coefficient (Wildman–Crippen LogP) is 5.55. The second-order valence-corrected chi connectivity index (χ2v) is 7.55. The summed E-state index contributed by atoms with van der Waals surface area (Å²) in [6.45, 7) is 6.14. The van der Waals surface area contributed by atoms with Gasteiger partial charge in [-0.1, -0.05) is 6.92 Å². The molecule has 0 saturated carbocycles. The van der Waals surface area contributed by atoms with E-state index < -0.39 is 0 Å². The number of benzene rings is 1. The summed E-state index contributed by atoms with van der Waals surface area (Å²) in [4.78, 5) is 4.57. The molecule has 0 radical (unpaired) electrons. The number of aromatic nitrogens is 2. The van der Waals surface area contributed by atoms with Gasteiger partial charge in [-0.3, -0.25) is 0 Å². The van der Waals surface area contributed by atoms with Crippen molar-refractivity contribution >= 4 is 50.3 Å². The summed E-state index contributed by atoms with van der Waals surface area (Å²) in [6.07, 6.45) is 0. The molecule has 2 rings (SSSR count). The summed E-state index contributed by atoms with van der Waals surface area (Å²) in [7, 11) is 0. The van der Waals surface area contributed by atoms with Gasteiger partial charge in [0, 0.05) is 17.9 Å². The molecule has 6 heteroatoms. The van der Waals surface area contributed by atoms with Gasteiger partial charge in [0.25, 0.3) is 0 Å². The third kappa shape index (κ3) is 3.15. The largest absolute Gasteiger partial charge is 0.323 e. The highest BCUT2D eigenvalue weighted by Gasteiger charge is 2.20.